The lowest BCUT2D eigenvalue weighted by atomic mass is 9.90. The van der Waals surface area contributed by atoms with E-state index in [1.165, 1.54) is 6.92 Å². The van der Waals surface area contributed by atoms with Crippen molar-refractivity contribution in [1.29, 1.82) is 0 Å². The molecule has 8 nitrogen and oxygen atoms in total. The van der Waals surface area contributed by atoms with E-state index < -0.39 is 29.0 Å². The van der Waals surface area contributed by atoms with Crippen molar-refractivity contribution >= 4 is 45.3 Å². The van der Waals surface area contributed by atoms with Gasteiger partial charge in [-0.15, -0.1) is 0 Å². The number of alkyl halides is 3. The molecule has 204 valence electrons. The second-order valence-corrected chi connectivity index (χ2v) is 11.3. The Bertz CT molecular complexity index is 1190. The summed E-state index contributed by atoms with van der Waals surface area (Å²) in [7, 11) is 0. The molecule has 4 atom stereocenters. The van der Waals surface area contributed by atoms with Crippen LogP contribution in [0.4, 0.5) is 19.3 Å². The lowest BCUT2D eigenvalue weighted by molar-refractivity contribution is -0.146. The number of fused-ring (bicyclic) bond motifs is 3. The second-order valence-electron chi connectivity index (χ2n) is 9.70. The van der Waals surface area contributed by atoms with E-state index in [1.807, 2.05) is 30.3 Å². The Morgan fingerprint density at radius 2 is 1.87 bits per heavy atom. The first kappa shape index (κ1) is 27.1. The highest BCUT2D eigenvalue weighted by atomic mass is 79.9. The van der Waals surface area contributed by atoms with Crippen LogP contribution in [-0.2, 0) is 20.9 Å². The van der Waals surface area contributed by atoms with Crippen LogP contribution >= 0.6 is 27.5 Å². The number of carbonyl (C=O) groups excluding carboxylic acids is 2. The normalized spacial score (nSPS) is 25.2. The van der Waals surface area contributed by atoms with E-state index in [4.69, 9.17) is 21.1 Å². The van der Waals surface area contributed by atoms with Crippen molar-refractivity contribution in [2.75, 3.05) is 37.6 Å². The first-order valence-corrected chi connectivity index (χ1v) is 13.8. The van der Waals surface area contributed by atoms with Gasteiger partial charge in [-0.2, -0.15) is 0 Å². The number of hydrogen-bond donors (Lipinski definition) is 0. The molecule has 12 heteroatoms. The quantitative estimate of drug-likeness (QED) is 0.268. The summed E-state index contributed by atoms with van der Waals surface area (Å²) in [6.45, 7) is 4.50. The zero-order valence-corrected chi connectivity index (χ0v) is 23.1. The molecule has 4 heterocycles. The number of ether oxygens (including phenoxy) is 2. The molecule has 3 aliphatic rings. The van der Waals surface area contributed by atoms with Crippen molar-refractivity contribution in [1.82, 2.24) is 14.8 Å². The fraction of sp³-hybridized carbons (Fsp3) is 0.500. The highest BCUT2D eigenvalue weighted by Crippen LogP contribution is 2.48. The van der Waals surface area contributed by atoms with Gasteiger partial charge in [-0.1, -0.05) is 57.9 Å². The summed E-state index contributed by atoms with van der Waals surface area (Å²) in [4.78, 5) is 34.1. The smallest absolute Gasteiger partial charge is 0.410 e. The van der Waals surface area contributed by atoms with Crippen LogP contribution in [0.25, 0.3) is 0 Å². The third-order valence-corrected chi connectivity index (χ3v) is 8.45. The molecular weight excluding hydrogens is 586 g/mol. The molecule has 38 heavy (non-hydrogen) atoms. The summed E-state index contributed by atoms with van der Waals surface area (Å²) in [6.07, 6.45) is -3.56. The molecule has 1 amide bonds. The number of rotatable bonds is 5. The SMILES string of the molecule is CC(=O)OC1c2c(cc(Cl)nc2C(F)F)N2C[C@@H](N3CCN(C(=O)OCc4ccccc4)CC3)[C@@H]2CC1Br. The van der Waals surface area contributed by atoms with Gasteiger partial charge in [0, 0.05) is 63.0 Å². The molecule has 0 radical (unpaired) electrons. The molecule has 5 rings (SSSR count). The maximum atomic E-state index is 14.0. The van der Waals surface area contributed by atoms with Crippen molar-refractivity contribution in [3.8, 4) is 0 Å². The zero-order chi connectivity index (χ0) is 27.0. The molecular formula is C26H28BrClF2N4O4. The number of anilines is 1. The van der Waals surface area contributed by atoms with Crippen LogP contribution in [0, 0.1) is 0 Å². The van der Waals surface area contributed by atoms with Gasteiger partial charge < -0.3 is 19.3 Å². The van der Waals surface area contributed by atoms with Gasteiger partial charge in [0.2, 0.25) is 0 Å². The van der Waals surface area contributed by atoms with Gasteiger partial charge in [0.15, 0.2) is 0 Å². The largest absolute Gasteiger partial charge is 0.456 e. The van der Waals surface area contributed by atoms with Gasteiger partial charge in [-0.3, -0.25) is 9.69 Å². The van der Waals surface area contributed by atoms with E-state index in [2.05, 4.69) is 30.7 Å². The molecule has 2 unspecified atom stereocenters. The zero-order valence-electron chi connectivity index (χ0n) is 20.7. The van der Waals surface area contributed by atoms with Crippen LogP contribution < -0.4 is 4.90 Å². The number of halogens is 4. The number of aromatic nitrogens is 1. The Morgan fingerprint density at radius 3 is 2.53 bits per heavy atom. The Kier molecular flexibility index (Phi) is 8.06. The van der Waals surface area contributed by atoms with Crippen molar-refractivity contribution in [3.05, 3.63) is 58.4 Å². The summed E-state index contributed by atoms with van der Waals surface area (Å²) < 4.78 is 39.1. The van der Waals surface area contributed by atoms with Crippen molar-refractivity contribution < 1.29 is 27.8 Å². The third kappa shape index (κ3) is 5.46. The number of pyridine rings is 1. The predicted octanol–water partition coefficient (Wildman–Crippen LogP) is 4.96. The van der Waals surface area contributed by atoms with Crippen LogP contribution in [0.3, 0.4) is 0 Å². The first-order chi connectivity index (χ1) is 18.2. The Balaban J connectivity index is 1.28. The molecule has 0 aliphatic carbocycles. The number of amides is 1. The minimum absolute atomic E-state index is 0.0146. The lowest BCUT2D eigenvalue weighted by Crippen LogP contribution is -2.69. The topological polar surface area (TPSA) is 75.2 Å². The third-order valence-electron chi connectivity index (χ3n) is 7.40. The maximum absolute atomic E-state index is 14.0. The molecule has 0 spiro atoms. The monoisotopic (exact) mass is 612 g/mol. The molecule has 1 aromatic heterocycles. The van der Waals surface area contributed by atoms with Crippen LogP contribution in [-0.4, -0.2) is 76.5 Å². The average molecular weight is 614 g/mol. The number of nitrogens with zero attached hydrogens (tertiary/aromatic N) is 4. The number of hydrogen-bond acceptors (Lipinski definition) is 7. The standard InChI is InChI=1S/C26H28BrClF2N4O4/c1-15(35)38-24-17(27)11-18-20(13-34(18)19-12-21(28)31-23(22(19)24)25(29)30)32-7-9-33(10-8-32)26(36)37-14-16-5-3-2-4-6-16/h2-6,12,17-18,20,24-25H,7-11,13-14H2,1H3/t17?,18-,20+,24?/m0/s1. The summed E-state index contributed by atoms with van der Waals surface area (Å²) in [5.74, 6) is -0.559. The molecule has 2 fully saturated rings. The highest BCUT2D eigenvalue weighted by Gasteiger charge is 2.50. The van der Waals surface area contributed by atoms with Gasteiger partial charge in [-0.25, -0.2) is 18.6 Å². The maximum Gasteiger partial charge on any atom is 0.410 e. The number of benzene rings is 1. The Morgan fingerprint density at radius 1 is 1.16 bits per heavy atom. The molecule has 0 bridgehead atoms. The fourth-order valence-corrected chi connectivity index (χ4v) is 6.52. The molecule has 1 aromatic carbocycles. The first-order valence-electron chi connectivity index (χ1n) is 12.5. The van der Waals surface area contributed by atoms with Gasteiger partial charge in [-0.05, 0) is 18.1 Å². The van der Waals surface area contributed by atoms with E-state index in [1.54, 1.807) is 11.0 Å². The summed E-state index contributed by atoms with van der Waals surface area (Å²) in [5, 5.41) is -0.0292. The van der Waals surface area contributed by atoms with Crippen LogP contribution in [0.15, 0.2) is 36.4 Å². The van der Waals surface area contributed by atoms with E-state index in [0.29, 0.717) is 44.8 Å². The molecule has 2 saturated heterocycles. The second kappa shape index (κ2) is 11.3. The fourth-order valence-electron chi connectivity index (χ4n) is 5.57. The van der Waals surface area contributed by atoms with E-state index in [-0.39, 0.29) is 35.5 Å². The Hall–Kier alpha value is -2.50. The molecule has 3 aliphatic heterocycles. The van der Waals surface area contributed by atoms with Gasteiger partial charge in [0.25, 0.3) is 6.43 Å². The minimum Gasteiger partial charge on any atom is -0.456 e. The highest BCUT2D eigenvalue weighted by molar-refractivity contribution is 9.09. The van der Waals surface area contributed by atoms with Gasteiger partial charge in [0.05, 0.1) is 4.83 Å². The molecule has 0 N–H and O–H groups in total. The molecule has 2 aromatic rings. The van der Waals surface area contributed by atoms with Crippen molar-refractivity contribution in [3.63, 3.8) is 0 Å². The van der Waals surface area contributed by atoms with Crippen molar-refractivity contribution in [2.24, 2.45) is 0 Å². The lowest BCUT2D eigenvalue weighted by Gasteiger charge is -2.55. The van der Waals surface area contributed by atoms with Crippen LogP contribution in [0.2, 0.25) is 5.15 Å². The van der Waals surface area contributed by atoms with Crippen molar-refractivity contribution in [2.45, 2.75) is 49.4 Å². The van der Waals surface area contributed by atoms with Gasteiger partial charge in [0.1, 0.15) is 23.6 Å². The summed E-state index contributed by atoms with van der Waals surface area (Å²) >= 11 is 9.78. The number of carbonyl (C=O) groups is 2. The predicted molar refractivity (Wildman–Crippen MR) is 141 cm³/mol. The number of esters is 1. The van der Waals surface area contributed by atoms with E-state index >= 15 is 0 Å². The Labute approximate surface area is 232 Å². The summed E-state index contributed by atoms with van der Waals surface area (Å²) in [5.41, 5.74) is 1.20. The van der Waals surface area contributed by atoms with Crippen LogP contribution in [0.1, 0.15) is 42.7 Å². The van der Waals surface area contributed by atoms with Gasteiger partial charge >= 0.3 is 12.1 Å². The average Bonchev–Trinajstić information content (AvgIpc) is 2.96. The summed E-state index contributed by atoms with van der Waals surface area (Å²) in [6, 6.07) is 11.2. The van der Waals surface area contributed by atoms with E-state index in [0.717, 1.165) is 5.56 Å². The number of piperazine rings is 1. The van der Waals surface area contributed by atoms with Crippen LogP contribution in [0.5, 0.6) is 0 Å². The van der Waals surface area contributed by atoms with E-state index in [9.17, 15) is 18.4 Å². The molecule has 0 saturated carbocycles. The minimum atomic E-state index is -2.87.